The molecule has 0 aliphatic heterocycles. The third-order valence-electron chi connectivity index (χ3n) is 1.94. The van der Waals surface area contributed by atoms with Gasteiger partial charge in [0.1, 0.15) is 0 Å². The molecule has 0 spiro atoms. The maximum Gasteiger partial charge on any atom is 0.00581 e. The van der Waals surface area contributed by atoms with Gasteiger partial charge in [-0.3, -0.25) is 0 Å². The first-order valence-corrected chi connectivity index (χ1v) is 7.32. The van der Waals surface area contributed by atoms with Gasteiger partial charge in [0.25, 0.3) is 0 Å². The summed E-state index contributed by atoms with van der Waals surface area (Å²) in [4.78, 5) is 0. The molecular weight excluding hydrogens is 210 g/mol. The van der Waals surface area contributed by atoms with Crippen LogP contribution >= 0.6 is 23.1 Å². The fourth-order valence-electron chi connectivity index (χ4n) is 1.18. The summed E-state index contributed by atoms with van der Waals surface area (Å²) < 4.78 is 0. The Labute approximate surface area is 95.3 Å². The number of thiophene rings is 1. The molecule has 80 valence electrons. The van der Waals surface area contributed by atoms with Crippen LogP contribution in [0.3, 0.4) is 0 Å². The largest absolute Gasteiger partial charge is 0.316 e. The molecule has 0 fully saturated rings. The Morgan fingerprint density at radius 1 is 1.36 bits per heavy atom. The van der Waals surface area contributed by atoms with Crippen LogP contribution in [0.2, 0.25) is 0 Å². The van der Waals surface area contributed by atoms with E-state index in [4.69, 9.17) is 0 Å². The van der Waals surface area contributed by atoms with Gasteiger partial charge in [0, 0.05) is 12.3 Å². The maximum atomic E-state index is 3.47. The summed E-state index contributed by atoms with van der Waals surface area (Å²) in [6, 6.07) is 2.21. The molecule has 0 amide bonds. The predicted octanol–water partition coefficient (Wildman–Crippen LogP) is 3.02. The molecule has 0 unspecified atom stereocenters. The first-order valence-electron chi connectivity index (χ1n) is 5.23. The Morgan fingerprint density at radius 3 is 3.00 bits per heavy atom. The third kappa shape index (κ3) is 5.68. The highest BCUT2D eigenvalue weighted by Gasteiger charge is 1.92. The molecule has 1 aromatic rings. The summed E-state index contributed by atoms with van der Waals surface area (Å²) in [5.41, 5.74) is 1.46. The van der Waals surface area contributed by atoms with E-state index < -0.39 is 0 Å². The zero-order valence-electron chi connectivity index (χ0n) is 8.79. The molecule has 0 aliphatic rings. The van der Waals surface area contributed by atoms with Crippen molar-refractivity contribution in [2.75, 3.05) is 24.6 Å². The van der Waals surface area contributed by atoms with E-state index in [1.807, 2.05) is 11.8 Å². The van der Waals surface area contributed by atoms with Crippen LogP contribution in [-0.4, -0.2) is 24.6 Å². The van der Waals surface area contributed by atoms with Crippen LogP contribution in [0.5, 0.6) is 0 Å². The second kappa shape index (κ2) is 8.33. The predicted molar refractivity (Wildman–Crippen MR) is 68.5 cm³/mol. The van der Waals surface area contributed by atoms with Crippen LogP contribution in [0.4, 0.5) is 0 Å². The molecule has 0 radical (unpaired) electrons. The molecule has 1 rings (SSSR count). The Hall–Kier alpha value is 0.01000. The number of hydrogen-bond donors (Lipinski definition) is 1. The second-order valence-corrected chi connectivity index (χ2v) is 5.25. The monoisotopic (exact) mass is 229 g/mol. The van der Waals surface area contributed by atoms with E-state index in [1.165, 1.54) is 29.9 Å². The quantitative estimate of drug-likeness (QED) is 0.688. The van der Waals surface area contributed by atoms with Crippen molar-refractivity contribution in [3.63, 3.8) is 0 Å². The number of rotatable bonds is 8. The topological polar surface area (TPSA) is 12.0 Å². The van der Waals surface area contributed by atoms with Crippen LogP contribution in [0.25, 0.3) is 0 Å². The molecule has 1 N–H and O–H groups in total. The first kappa shape index (κ1) is 12.1. The normalized spacial score (nSPS) is 10.6. The molecule has 0 atom stereocenters. The Balaban J connectivity index is 1.85. The average molecular weight is 229 g/mol. The smallest absolute Gasteiger partial charge is 0.00581 e. The molecule has 3 heteroatoms. The van der Waals surface area contributed by atoms with E-state index in [0.29, 0.717) is 0 Å². The molecule has 1 heterocycles. The highest BCUT2D eigenvalue weighted by atomic mass is 32.2. The highest BCUT2D eigenvalue weighted by molar-refractivity contribution is 7.99. The second-order valence-electron chi connectivity index (χ2n) is 3.24. The van der Waals surface area contributed by atoms with Crippen molar-refractivity contribution in [1.29, 1.82) is 0 Å². The van der Waals surface area contributed by atoms with Gasteiger partial charge in [0.15, 0.2) is 0 Å². The average Bonchev–Trinajstić information content (AvgIpc) is 2.69. The Bertz CT molecular complexity index is 209. The van der Waals surface area contributed by atoms with Gasteiger partial charge in [0.2, 0.25) is 0 Å². The minimum atomic E-state index is 1.11. The number of thioether (sulfide) groups is 1. The van der Waals surface area contributed by atoms with Crippen molar-refractivity contribution in [1.82, 2.24) is 5.32 Å². The standard InChI is InChI=1S/C11H19NS2/c1-2-7-13-9-6-12-5-3-11-4-8-14-10-11/h4,8,10,12H,2-3,5-7,9H2,1H3. The van der Waals surface area contributed by atoms with Crippen LogP contribution < -0.4 is 5.32 Å². The number of hydrogen-bond acceptors (Lipinski definition) is 3. The van der Waals surface area contributed by atoms with Gasteiger partial charge in [-0.2, -0.15) is 23.1 Å². The van der Waals surface area contributed by atoms with Crippen molar-refractivity contribution >= 4 is 23.1 Å². The van der Waals surface area contributed by atoms with Crippen molar-refractivity contribution in [3.05, 3.63) is 22.4 Å². The van der Waals surface area contributed by atoms with Crippen molar-refractivity contribution in [3.8, 4) is 0 Å². The lowest BCUT2D eigenvalue weighted by molar-refractivity contribution is 0.722. The molecule has 1 nitrogen and oxygen atoms in total. The lowest BCUT2D eigenvalue weighted by Crippen LogP contribution is -2.20. The van der Waals surface area contributed by atoms with E-state index in [9.17, 15) is 0 Å². The molecular formula is C11H19NS2. The van der Waals surface area contributed by atoms with Crippen molar-refractivity contribution < 1.29 is 0 Å². The Morgan fingerprint density at radius 2 is 2.29 bits per heavy atom. The summed E-state index contributed by atoms with van der Waals surface area (Å²) in [5.74, 6) is 2.55. The molecule has 0 aromatic carbocycles. The minimum Gasteiger partial charge on any atom is -0.316 e. The molecule has 14 heavy (non-hydrogen) atoms. The van der Waals surface area contributed by atoms with Crippen molar-refractivity contribution in [2.24, 2.45) is 0 Å². The van der Waals surface area contributed by atoms with Gasteiger partial charge in [-0.15, -0.1) is 0 Å². The summed E-state index contributed by atoms with van der Waals surface area (Å²) >= 11 is 3.82. The maximum absolute atomic E-state index is 3.47. The van der Waals surface area contributed by atoms with E-state index in [1.54, 1.807) is 11.3 Å². The minimum absolute atomic E-state index is 1.11. The van der Waals surface area contributed by atoms with Crippen LogP contribution in [0.15, 0.2) is 16.8 Å². The lowest BCUT2D eigenvalue weighted by atomic mass is 10.2. The summed E-state index contributed by atoms with van der Waals surface area (Å²) in [6.45, 7) is 4.50. The van der Waals surface area contributed by atoms with E-state index in [2.05, 4.69) is 29.1 Å². The lowest BCUT2D eigenvalue weighted by Gasteiger charge is -2.02. The number of nitrogens with one attached hydrogen (secondary N) is 1. The molecule has 1 aromatic heterocycles. The van der Waals surface area contributed by atoms with Gasteiger partial charge in [-0.25, -0.2) is 0 Å². The van der Waals surface area contributed by atoms with Crippen molar-refractivity contribution in [2.45, 2.75) is 19.8 Å². The van der Waals surface area contributed by atoms with Crippen LogP contribution in [0.1, 0.15) is 18.9 Å². The fourth-order valence-corrected chi connectivity index (χ4v) is 2.67. The van der Waals surface area contributed by atoms with Crippen LogP contribution in [-0.2, 0) is 6.42 Å². The molecule has 0 bridgehead atoms. The van der Waals surface area contributed by atoms with E-state index in [-0.39, 0.29) is 0 Å². The Kier molecular flexibility index (Phi) is 7.19. The highest BCUT2D eigenvalue weighted by Crippen LogP contribution is 2.05. The molecule has 0 aliphatic carbocycles. The summed E-state index contributed by atoms with van der Waals surface area (Å²) in [6.07, 6.45) is 2.46. The fraction of sp³-hybridized carbons (Fsp3) is 0.636. The van der Waals surface area contributed by atoms with Gasteiger partial charge < -0.3 is 5.32 Å². The summed E-state index contributed by atoms with van der Waals surface area (Å²) in [7, 11) is 0. The van der Waals surface area contributed by atoms with Gasteiger partial charge in [-0.05, 0) is 47.5 Å². The summed E-state index contributed by atoms with van der Waals surface area (Å²) in [5, 5.41) is 7.84. The van der Waals surface area contributed by atoms with E-state index in [0.717, 1.165) is 13.1 Å². The van der Waals surface area contributed by atoms with Gasteiger partial charge >= 0.3 is 0 Å². The molecule has 0 saturated carbocycles. The zero-order chi connectivity index (χ0) is 10.1. The van der Waals surface area contributed by atoms with Gasteiger partial charge in [0.05, 0.1) is 0 Å². The zero-order valence-corrected chi connectivity index (χ0v) is 10.4. The van der Waals surface area contributed by atoms with Gasteiger partial charge in [-0.1, -0.05) is 6.92 Å². The van der Waals surface area contributed by atoms with E-state index >= 15 is 0 Å². The SMILES string of the molecule is CCCSCCNCCc1ccsc1. The third-order valence-corrected chi connectivity index (χ3v) is 3.86. The molecule has 0 saturated heterocycles. The first-order chi connectivity index (χ1) is 6.93. The van der Waals surface area contributed by atoms with Crippen LogP contribution in [0, 0.1) is 0 Å².